The fraction of sp³-hybridized carbons (Fsp3) is 0.500. The molecule has 0 spiro atoms. The minimum absolute atomic E-state index is 0.208. The number of aromatic nitrogens is 2. The number of anilines is 1. The molecule has 6 heteroatoms. The SMILES string of the molecule is C=CCN(CCOC)C(=O)c1n[nH]c(CC)c1N. The first kappa shape index (κ1) is 14.2. The number of hydrogen-bond donors (Lipinski definition) is 2. The smallest absolute Gasteiger partial charge is 0.276 e. The van der Waals surface area contributed by atoms with Crippen molar-refractivity contribution in [2.45, 2.75) is 13.3 Å². The zero-order valence-corrected chi connectivity index (χ0v) is 10.9. The summed E-state index contributed by atoms with van der Waals surface area (Å²) in [6, 6.07) is 0. The van der Waals surface area contributed by atoms with Gasteiger partial charge in [-0.05, 0) is 6.42 Å². The molecule has 0 unspecified atom stereocenters. The monoisotopic (exact) mass is 252 g/mol. The van der Waals surface area contributed by atoms with Gasteiger partial charge in [0.25, 0.3) is 5.91 Å². The molecule has 1 aromatic heterocycles. The van der Waals surface area contributed by atoms with Crippen LogP contribution < -0.4 is 5.73 Å². The standard InChI is InChI=1S/C12H20N4O2/c1-4-6-16(7-8-18-3)12(17)11-10(13)9(5-2)14-15-11/h4H,1,5-8,13H2,2-3H3,(H,14,15). The third-order valence-corrected chi connectivity index (χ3v) is 2.64. The molecule has 0 aliphatic heterocycles. The number of aromatic amines is 1. The van der Waals surface area contributed by atoms with E-state index in [1.165, 1.54) is 0 Å². The van der Waals surface area contributed by atoms with Crippen LogP contribution in [0.2, 0.25) is 0 Å². The van der Waals surface area contributed by atoms with Gasteiger partial charge in [0, 0.05) is 20.2 Å². The maximum absolute atomic E-state index is 12.3. The molecule has 1 aromatic rings. The molecule has 1 heterocycles. The van der Waals surface area contributed by atoms with Gasteiger partial charge in [-0.15, -0.1) is 6.58 Å². The molecular weight excluding hydrogens is 232 g/mol. The van der Waals surface area contributed by atoms with E-state index in [1.807, 2.05) is 6.92 Å². The number of ether oxygens (including phenoxy) is 1. The van der Waals surface area contributed by atoms with Crippen LogP contribution in [0.15, 0.2) is 12.7 Å². The Morgan fingerprint density at radius 2 is 2.39 bits per heavy atom. The lowest BCUT2D eigenvalue weighted by Gasteiger charge is -2.19. The summed E-state index contributed by atoms with van der Waals surface area (Å²) in [6.07, 6.45) is 2.38. The first-order valence-corrected chi connectivity index (χ1v) is 5.87. The summed E-state index contributed by atoms with van der Waals surface area (Å²) < 4.78 is 4.97. The lowest BCUT2D eigenvalue weighted by atomic mass is 10.2. The number of carbonyl (C=O) groups is 1. The summed E-state index contributed by atoms with van der Waals surface area (Å²) >= 11 is 0. The number of nitrogens with zero attached hydrogens (tertiary/aromatic N) is 2. The molecule has 18 heavy (non-hydrogen) atoms. The molecular formula is C12H20N4O2. The van der Waals surface area contributed by atoms with Crippen LogP contribution in [0.25, 0.3) is 0 Å². The molecule has 3 N–H and O–H groups in total. The number of carbonyl (C=O) groups excluding carboxylic acids is 1. The van der Waals surface area contributed by atoms with Crippen molar-refractivity contribution in [2.24, 2.45) is 0 Å². The molecule has 0 fully saturated rings. The predicted molar refractivity (Wildman–Crippen MR) is 70.4 cm³/mol. The number of methoxy groups -OCH3 is 1. The third-order valence-electron chi connectivity index (χ3n) is 2.64. The Morgan fingerprint density at radius 1 is 1.67 bits per heavy atom. The lowest BCUT2D eigenvalue weighted by Crippen LogP contribution is -2.34. The number of nitrogen functional groups attached to an aromatic ring is 1. The summed E-state index contributed by atoms with van der Waals surface area (Å²) in [4.78, 5) is 13.9. The second-order valence-corrected chi connectivity index (χ2v) is 3.85. The maximum atomic E-state index is 12.3. The maximum Gasteiger partial charge on any atom is 0.276 e. The highest BCUT2D eigenvalue weighted by atomic mass is 16.5. The highest BCUT2D eigenvalue weighted by Crippen LogP contribution is 2.16. The molecule has 100 valence electrons. The van der Waals surface area contributed by atoms with Crippen LogP contribution in [0.3, 0.4) is 0 Å². The summed E-state index contributed by atoms with van der Waals surface area (Å²) in [7, 11) is 1.59. The molecule has 0 saturated carbocycles. The highest BCUT2D eigenvalue weighted by molar-refractivity contribution is 5.97. The van der Waals surface area contributed by atoms with E-state index in [1.54, 1.807) is 18.1 Å². The van der Waals surface area contributed by atoms with Crippen molar-refractivity contribution >= 4 is 11.6 Å². The number of nitrogens with one attached hydrogen (secondary N) is 1. The van der Waals surface area contributed by atoms with Gasteiger partial charge in [0.1, 0.15) is 0 Å². The normalized spacial score (nSPS) is 10.3. The van der Waals surface area contributed by atoms with Crippen molar-refractivity contribution in [2.75, 3.05) is 32.5 Å². The van der Waals surface area contributed by atoms with Crippen molar-refractivity contribution in [3.8, 4) is 0 Å². The zero-order valence-electron chi connectivity index (χ0n) is 10.9. The molecule has 0 aliphatic carbocycles. The van der Waals surface area contributed by atoms with E-state index in [0.29, 0.717) is 31.8 Å². The number of H-pyrrole nitrogens is 1. The van der Waals surface area contributed by atoms with Crippen LogP contribution >= 0.6 is 0 Å². The van der Waals surface area contributed by atoms with Crippen molar-refractivity contribution in [1.29, 1.82) is 0 Å². The van der Waals surface area contributed by atoms with E-state index >= 15 is 0 Å². The summed E-state index contributed by atoms with van der Waals surface area (Å²) in [6.45, 7) is 6.97. The second kappa shape index (κ2) is 6.80. The Hall–Kier alpha value is -1.82. The highest BCUT2D eigenvalue weighted by Gasteiger charge is 2.21. The Bertz CT molecular complexity index is 414. The van der Waals surface area contributed by atoms with Gasteiger partial charge in [0.2, 0.25) is 0 Å². The van der Waals surface area contributed by atoms with Crippen molar-refractivity contribution in [3.05, 3.63) is 24.0 Å². The van der Waals surface area contributed by atoms with Gasteiger partial charge in [-0.3, -0.25) is 9.89 Å². The van der Waals surface area contributed by atoms with Crippen LogP contribution in [0.4, 0.5) is 5.69 Å². The Morgan fingerprint density at radius 3 is 2.89 bits per heavy atom. The minimum atomic E-state index is -0.208. The molecule has 1 amide bonds. The number of amides is 1. The van der Waals surface area contributed by atoms with Crippen molar-refractivity contribution in [3.63, 3.8) is 0 Å². The lowest BCUT2D eigenvalue weighted by molar-refractivity contribution is 0.0713. The average Bonchev–Trinajstić information content (AvgIpc) is 2.74. The van der Waals surface area contributed by atoms with Gasteiger partial charge in [0.15, 0.2) is 5.69 Å². The predicted octanol–water partition coefficient (Wildman–Crippen LogP) is 0.829. The number of hydrogen-bond acceptors (Lipinski definition) is 4. The zero-order chi connectivity index (χ0) is 13.5. The van der Waals surface area contributed by atoms with Crippen LogP contribution in [0, 0.1) is 0 Å². The van der Waals surface area contributed by atoms with E-state index < -0.39 is 0 Å². The first-order chi connectivity index (χ1) is 8.65. The van der Waals surface area contributed by atoms with Gasteiger partial charge in [-0.25, -0.2) is 0 Å². The van der Waals surface area contributed by atoms with Gasteiger partial charge in [-0.1, -0.05) is 13.0 Å². The number of rotatable bonds is 7. The van der Waals surface area contributed by atoms with Gasteiger partial charge >= 0.3 is 0 Å². The topological polar surface area (TPSA) is 84.2 Å². The van der Waals surface area contributed by atoms with Crippen molar-refractivity contribution in [1.82, 2.24) is 15.1 Å². The van der Waals surface area contributed by atoms with Crippen LogP contribution in [0.5, 0.6) is 0 Å². The molecule has 1 rings (SSSR count). The van der Waals surface area contributed by atoms with Gasteiger partial charge in [0.05, 0.1) is 18.0 Å². The molecule has 0 aliphatic rings. The number of nitrogens with two attached hydrogens (primary N) is 1. The molecule has 0 saturated heterocycles. The molecule has 0 radical (unpaired) electrons. The van der Waals surface area contributed by atoms with Gasteiger partial charge < -0.3 is 15.4 Å². The fourth-order valence-electron chi connectivity index (χ4n) is 1.60. The Balaban J connectivity index is 2.86. The Kier molecular flexibility index (Phi) is 5.38. The second-order valence-electron chi connectivity index (χ2n) is 3.85. The first-order valence-electron chi connectivity index (χ1n) is 5.87. The van der Waals surface area contributed by atoms with E-state index in [-0.39, 0.29) is 11.6 Å². The number of aryl methyl sites for hydroxylation is 1. The third kappa shape index (κ3) is 3.10. The summed E-state index contributed by atoms with van der Waals surface area (Å²) in [5.41, 5.74) is 7.35. The largest absolute Gasteiger partial charge is 0.395 e. The quantitative estimate of drug-likeness (QED) is 0.704. The minimum Gasteiger partial charge on any atom is -0.395 e. The van der Waals surface area contributed by atoms with Crippen LogP contribution in [-0.2, 0) is 11.2 Å². The molecule has 6 nitrogen and oxygen atoms in total. The fourth-order valence-corrected chi connectivity index (χ4v) is 1.60. The summed E-state index contributed by atoms with van der Waals surface area (Å²) in [5.74, 6) is -0.208. The van der Waals surface area contributed by atoms with Gasteiger partial charge in [-0.2, -0.15) is 5.10 Å². The van der Waals surface area contributed by atoms with E-state index in [4.69, 9.17) is 10.5 Å². The molecule has 0 aromatic carbocycles. The Labute approximate surface area is 107 Å². The van der Waals surface area contributed by atoms with Crippen LogP contribution in [-0.4, -0.2) is 47.8 Å². The molecule has 0 atom stereocenters. The van der Waals surface area contributed by atoms with E-state index in [2.05, 4.69) is 16.8 Å². The summed E-state index contributed by atoms with van der Waals surface area (Å²) in [5, 5.41) is 6.76. The van der Waals surface area contributed by atoms with Crippen molar-refractivity contribution < 1.29 is 9.53 Å². The van der Waals surface area contributed by atoms with E-state index in [9.17, 15) is 4.79 Å². The molecule has 0 bridgehead atoms. The van der Waals surface area contributed by atoms with Crippen LogP contribution in [0.1, 0.15) is 23.1 Å². The average molecular weight is 252 g/mol. The van der Waals surface area contributed by atoms with E-state index in [0.717, 1.165) is 5.69 Å².